The van der Waals surface area contributed by atoms with Gasteiger partial charge in [0.25, 0.3) is 0 Å². The summed E-state index contributed by atoms with van der Waals surface area (Å²) in [5.74, 6) is 0.999. The van der Waals surface area contributed by atoms with Gasteiger partial charge in [-0.25, -0.2) is 9.50 Å². The molecule has 3 heterocycles. The molecule has 3 rings (SSSR count). The molecule has 0 aromatic carbocycles. The van der Waals surface area contributed by atoms with E-state index in [9.17, 15) is 0 Å². The summed E-state index contributed by atoms with van der Waals surface area (Å²) in [4.78, 5) is 6.79. The lowest BCUT2D eigenvalue weighted by Crippen LogP contribution is -2.27. The summed E-state index contributed by atoms with van der Waals surface area (Å²) in [5.41, 5.74) is 8.19. The zero-order valence-electron chi connectivity index (χ0n) is 11.8. The summed E-state index contributed by atoms with van der Waals surface area (Å²) >= 11 is 0. The van der Waals surface area contributed by atoms with Crippen molar-refractivity contribution >= 4 is 11.3 Å². The molecule has 19 heavy (non-hydrogen) atoms. The molecular formula is C14H21N5. The zero-order valence-corrected chi connectivity index (χ0v) is 11.8. The highest BCUT2D eigenvalue weighted by Gasteiger charge is 2.24. The van der Waals surface area contributed by atoms with Crippen LogP contribution in [-0.4, -0.2) is 33.7 Å². The van der Waals surface area contributed by atoms with Gasteiger partial charge in [0.15, 0.2) is 5.82 Å². The first-order chi connectivity index (χ1) is 8.95. The Bertz CT molecular complexity index is 595. The van der Waals surface area contributed by atoms with Gasteiger partial charge in [0.1, 0.15) is 5.52 Å². The predicted molar refractivity (Wildman–Crippen MR) is 76.5 cm³/mol. The van der Waals surface area contributed by atoms with E-state index in [2.05, 4.69) is 41.8 Å². The van der Waals surface area contributed by atoms with E-state index in [1.807, 2.05) is 16.9 Å². The van der Waals surface area contributed by atoms with Crippen LogP contribution in [0.3, 0.4) is 0 Å². The minimum atomic E-state index is 0.0463. The van der Waals surface area contributed by atoms with Gasteiger partial charge in [-0.3, -0.25) is 0 Å². The van der Waals surface area contributed by atoms with Crippen molar-refractivity contribution in [1.29, 1.82) is 0 Å². The maximum Gasteiger partial charge on any atom is 0.154 e. The van der Waals surface area contributed by atoms with Crippen LogP contribution in [0.15, 0.2) is 18.5 Å². The molecule has 0 bridgehead atoms. The quantitative estimate of drug-likeness (QED) is 0.844. The first-order valence-corrected chi connectivity index (χ1v) is 6.80. The third-order valence-electron chi connectivity index (χ3n) is 3.66. The van der Waals surface area contributed by atoms with Gasteiger partial charge in [-0.05, 0) is 12.5 Å². The molecule has 1 saturated heterocycles. The fraction of sp³-hybridized carbons (Fsp3) is 0.571. The molecule has 2 aromatic heterocycles. The number of hydrogen-bond acceptors (Lipinski definition) is 4. The second kappa shape index (κ2) is 4.20. The van der Waals surface area contributed by atoms with Crippen LogP contribution in [0.5, 0.6) is 0 Å². The smallest absolute Gasteiger partial charge is 0.154 e. The van der Waals surface area contributed by atoms with Crippen LogP contribution >= 0.6 is 0 Å². The van der Waals surface area contributed by atoms with Crippen molar-refractivity contribution in [2.45, 2.75) is 38.6 Å². The molecule has 1 aliphatic heterocycles. The summed E-state index contributed by atoms with van der Waals surface area (Å²) in [5, 5.41) is 4.65. The lowest BCUT2D eigenvalue weighted by molar-refractivity contribution is 0.562. The van der Waals surface area contributed by atoms with E-state index in [0.717, 1.165) is 36.5 Å². The molecule has 0 amide bonds. The number of rotatable bonds is 1. The summed E-state index contributed by atoms with van der Waals surface area (Å²) in [6, 6.07) is 2.40. The molecule has 0 spiro atoms. The highest BCUT2D eigenvalue weighted by Crippen LogP contribution is 2.27. The minimum Gasteiger partial charge on any atom is -0.353 e. The number of nitrogens with zero attached hydrogens (tertiary/aromatic N) is 4. The number of anilines is 1. The molecule has 1 unspecified atom stereocenters. The Labute approximate surface area is 113 Å². The maximum atomic E-state index is 5.99. The maximum absolute atomic E-state index is 5.99. The monoisotopic (exact) mass is 259 g/mol. The molecule has 1 atom stereocenters. The Morgan fingerprint density at radius 2 is 2.16 bits per heavy atom. The normalized spacial score (nSPS) is 20.4. The molecule has 5 nitrogen and oxygen atoms in total. The van der Waals surface area contributed by atoms with Crippen LogP contribution in [0.2, 0.25) is 0 Å². The Morgan fingerprint density at radius 3 is 2.79 bits per heavy atom. The van der Waals surface area contributed by atoms with Crippen LogP contribution < -0.4 is 10.6 Å². The molecule has 1 fully saturated rings. The van der Waals surface area contributed by atoms with E-state index in [0.29, 0.717) is 0 Å². The molecule has 0 radical (unpaired) electrons. The van der Waals surface area contributed by atoms with Gasteiger partial charge in [-0.1, -0.05) is 20.8 Å². The predicted octanol–water partition coefficient (Wildman–Crippen LogP) is 1.56. The van der Waals surface area contributed by atoms with Crippen molar-refractivity contribution in [3.63, 3.8) is 0 Å². The van der Waals surface area contributed by atoms with Crippen molar-refractivity contribution in [3.8, 4) is 0 Å². The highest BCUT2D eigenvalue weighted by molar-refractivity contribution is 5.69. The van der Waals surface area contributed by atoms with Crippen molar-refractivity contribution in [2.24, 2.45) is 5.73 Å². The molecule has 5 heteroatoms. The van der Waals surface area contributed by atoms with Crippen molar-refractivity contribution in [1.82, 2.24) is 14.6 Å². The average molecular weight is 259 g/mol. The first kappa shape index (κ1) is 12.4. The van der Waals surface area contributed by atoms with Gasteiger partial charge in [0.05, 0.1) is 5.69 Å². The van der Waals surface area contributed by atoms with E-state index in [4.69, 9.17) is 5.73 Å². The lowest BCUT2D eigenvalue weighted by Gasteiger charge is -2.17. The van der Waals surface area contributed by atoms with Crippen LogP contribution in [0.25, 0.3) is 5.52 Å². The Morgan fingerprint density at radius 1 is 1.37 bits per heavy atom. The van der Waals surface area contributed by atoms with Gasteiger partial charge in [0, 0.05) is 36.9 Å². The number of fused-ring (bicyclic) bond motifs is 1. The minimum absolute atomic E-state index is 0.0463. The molecule has 102 valence electrons. The van der Waals surface area contributed by atoms with Crippen LogP contribution in [0.4, 0.5) is 5.82 Å². The van der Waals surface area contributed by atoms with Crippen LogP contribution in [-0.2, 0) is 5.41 Å². The highest BCUT2D eigenvalue weighted by atomic mass is 15.3. The summed E-state index contributed by atoms with van der Waals surface area (Å²) in [6.07, 6.45) is 4.75. The third kappa shape index (κ3) is 2.18. The van der Waals surface area contributed by atoms with Crippen molar-refractivity contribution < 1.29 is 0 Å². The van der Waals surface area contributed by atoms with E-state index >= 15 is 0 Å². The van der Waals surface area contributed by atoms with Crippen LogP contribution in [0, 0.1) is 0 Å². The largest absolute Gasteiger partial charge is 0.353 e. The first-order valence-electron chi connectivity index (χ1n) is 6.80. The lowest BCUT2D eigenvalue weighted by atomic mass is 9.92. The van der Waals surface area contributed by atoms with E-state index in [-0.39, 0.29) is 11.5 Å². The second-order valence-corrected chi connectivity index (χ2v) is 6.36. The Kier molecular flexibility index (Phi) is 2.74. The molecule has 0 saturated carbocycles. The van der Waals surface area contributed by atoms with Gasteiger partial charge >= 0.3 is 0 Å². The Hall–Kier alpha value is -1.62. The molecule has 0 aliphatic carbocycles. The van der Waals surface area contributed by atoms with Gasteiger partial charge in [0.2, 0.25) is 0 Å². The molecule has 2 N–H and O–H groups in total. The fourth-order valence-corrected chi connectivity index (χ4v) is 2.50. The van der Waals surface area contributed by atoms with Crippen molar-refractivity contribution in [2.75, 3.05) is 18.0 Å². The average Bonchev–Trinajstić information content (AvgIpc) is 2.93. The second-order valence-electron chi connectivity index (χ2n) is 6.36. The third-order valence-corrected chi connectivity index (χ3v) is 3.66. The topological polar surface area (TPSA) is 59.5 Å². The summed E-state index contributed by atoms with van der Waals surface area (Å²) in [7, 11) is 0. The molecule has 1 aliphatic rings. The van der Waals surface area contributed by atoms with Gasteiger partial charge < -0.3 is 10.6 Å². The molecular weight excluding hydrogens is 238 g/mol. The van der Waals surface area contributed by atoms with Crippen molar-refractivity contribution in [3.05, 3.63) is 24.2 Å². The van der Waals surface area contributed by atoms with E-state index < -0.39 is 0 Å². The summed E-state index contributed by atoms with van der Waals surface area (Å²) in [6.45, 7) is 8.38. The number of aromatic nitrogens is 3. The molecule has 2 aromatic rings. The van der Waals surface area contributed by atoms with Crippen LogP contribution in [0.1, 0.15) is 32.9 Å². The standard InChI is InChI=1S/C14H21N5/c1-14(2,3)12-8-11-13(16-5-7-19(11)17-12)18-6-4-10(15)9-18/h5,7-8,10H,4,6,9,15H2,1-3H3. The van der Waals surface area contributed by atoms with E-state index in [1.165, 1.54) is 0 Å². The van der Waals surface area contributed by atoms with Gasteiger partial charge in [-0.2, -0.15) is 5.10 Å². The van der Waals surface area contributed by atoms with E-state index in [1.54, 1.807) is 0 Å². The summed E-state index contributed by atoms with van der Waals surface area (Å²) < 4.78 is 1.92. The van der Waals surface area contributed by atoms with Gasteiger partial charge in [-0.15, -0.1) is 0 Å². The zero-order chi connectivity index (χ0) is 13.6. The number of hydrogen-bond donors (Lipinski definition) is 1. The number of nitrogens with two attached hydrogens (primary N) is 1. The fourth-order valence-electron chi connectivity index (χ4n) is 2.50. The Balaban J connectivity index is 2.08. The SMILES string of the molecule is CC(C)(C)c1cc2c(N3CCC(N)C3)nccn2n1.